The van der Waals surface area contributed by atoms with E-state index in [9.17, 15) is 0 Å². The average molecular weight is 388 g/mol. The predicted octanol–water partition coefficient (Wildman–Crippen LogP) is 2.61. The molecule has 0 amide bonds. The number of para-hydroxylation sites is 2. The maximum absolute atomic E-state index is 5.98. The molecule has 2 atom stereocenters. The van der Waals surface area contributed by atoms with Crippen molar-refractivity contribution in [3.63, 3.8) is 0 Å². The largest absolute Gasteiger partial charge is 0.493 e. The van der Waals surface area contributed by atoms with Crippen LogP contribution >= 0.6 is 0 Å². The van der Waals surface area contributed by atoms with Gasteiger partial charge in [0.1, 0.15) is 6.10 Å². The van der Waals surface area contributed by atoms with Crippen molar-refractivity contribution in [2.45, 2.75) is 46.3 Å². The zero-order chi connectivity index (χ0) is 20.7. The van der Waals surface area contributed by atoms with Gasteiger partial charge in [-0.25, -0.2) is 0 Å². The van der Waals surface area contributed by atoms with Gasteiger partial charge in [-0.3, -0.25) is 9.67 Å². The van der Waals surface area contributed by atoms with Crippen molar-refractivity contribution in [3.05, 3.63) is 41.2 Å². The molecule has 0 radical (unpaired) electrons. The summed E-state index contributed by atoms with van der Waals surface area (Å²) in [4.78, 5) is 4.33. The van der Waals surface area contributed by atoms with Gasteiger partial charge in [0.25, 0.3) is 0 Å². The molecule has 2 unspecified atom stereocenters. The van der Waals surface area contributed by atoms with Crippen LogP contribution in [-0.4, -0.2) is 48.6 Å². The summed E-state index contributed by atoms with van der Waals surface area (Å²) in [5, 5.41) is 11.3. The molecule has 2 rings (SSSR count). The smallest absolute Gasteiger partial charge is 0.191 e. The Morgan fingerprint density at radius 1 is 1.21 bits per heavy atom. The van der Waals surface area contributed by atoms with Gasteiger partial charge in [-0.2, -0.15) is 5.10 Å². The van der Waals surface area contributed by atoms with E-state index in [2.05, 4.69) is 41.5 Å². The molecule has 1 heterocycles. The van der Waals surface area contributed by atoms with E-state index in [4.69, 9.17) is 9.47 Å². The fourth-order valence-electron chi connectivity index (χ4n) is 3.11. The van der Waals surface area contributed by atoms with E-state index in [1.807, 2.05) is 42.9 Å². The van der Waals surface area contributed by atoms with Crippen molar-refractivity contribution < 1.29 is 9.47 Å². The topological polar surface area (TPSA) is 72.7 Å². The highest BCUT2D eigenvalue weighted by Crippen LogP contribution is 2.26. The van der Waals surface area contributed by atoms with Crippen molar-refractivity contribution in [1.29, 1.82) is 0 Å². The number of aromatic nitrogens is 2. The molecule has 7 heteroatoms. The van der Waals surface area contributed by atoms with E-state index in [1.54, 1.807) is 14.2 Å². The normalized spacial score (nSPS) is 13.8. The Balaban J connectivity index is 1.86. The molecule has 0 saturated carbocycles. The van der Waals surface area contributed by atoms with Gasteiger partial charge in [-0.15, -0.1) is 0 Å². The molecule has 0 fully saturated rings. The first kappa shape index (κ1) is 21.6. The first-order valence-corrected chi connectivity index (χ1v) is 9.61. The number of benzene rings is 1. The summed E-state index contributed by atoms with van der Waals surface area (Å²) in [5.74, 6) is 2.22. The van der Waals surface area contributed by atoms with Crippen LogP contribution in [0, 0.1) is 13.8 Å². The fourth-order valence-corrected chi connectivity index (χ4v) is 3.11. The van der Waals surface area contributed by atoms with Gasteiger partial charge in [0, 0.05) is 25.8 Å². The van der Waals surface area contributed by atoms with Crippen molar-refractivity contribution >= 4 is 5.96 Å². The van der Waals surface area contributed by atoms with Crippen LogP contribution in [0.5, 0.6) is 11.5 Å². The lowest BCUT2D eigenvalue weighted by Crippen LogP contribution is -2.45. The summed E-state index contributed by atoms with van der Waals surface area (Å²) < 4.78 is 13.3. The third-order valence-corrected chi connectivity index (χ3v) is 4.73. The van der Waals surface area contributed by atoms with Crippen molar-refractivity contribution in [2.75, 3.05) is 20.7 Å². The minimum absolute atomic E-state index is 0.0482. The number of methoxy groups -OCH3 is 1. The molecule has 0 bridgehead atoms. The van der Waals surface area contributed by atoms with E-state index in [-0.39, 0.29) is 12.1 Å². The van der Waals surface area contributed by atoms with Gasteiger partial charge in [0.15, 0.2) is 17.5 Å². The molecule has 1 aromatic carbocycles. The number of aryl methyl sites for hydroxylation is 2. The molecule has 7 nitrogen and oxygen atoms in total. The lowest BCUT2D eigenvalue weighted by atomic mass is 10.1. The fraction of sp³-hybridized carbons (Fsp3) is 0.524. The molecule has 154 valence electrons. The van der Waals surface area contributed by atoms with Crippen LogP contribution in [0.1, 0.15) is 30.8 Å². The third-order valence-electron chi connectivity index (χ3n) is 4.73. The highest BCUT2D eigenvalue weighted by atomic mass is 16.5. The summed E-state index contributed by atoms with van der Waals surface area (Å²) in [6, 6.07) is 7.87. The van der Waals surface area contributed by atoms with Crippen molar-refractivity contribution in [1.82, 2.24) is 20.4 Å². The summed E-state index contributed by atoms with van der Waals surface area (Å²) in [7, 11) is 5.39. The Hall–Kier alpha value is -2.70. The Kier molecular flexibility index (Phi) is 7.72. The number of guanidine groups is 1. The molecule has 2 N–H and O–H groups in total. The van der Waals surface area contributed by atoms with Gasteiger partial charge in [0.05, 0.1) is 19.3 Å². The molecule has 0 spiro atoms. The molecular formula is C21H33N5O2. The second kappa shape index (κ2) is 10.0. The molecule has 0 saturated heterocycles. The zero-order valence-electron chi connectivity index (χ0n) is 18.0. The number of aliphatic imine (C=N–C) groups is 1. The Bertz CT molecular complexity index is 800. The summed E-state index contributed by atoms with van der Waals surface area (Å²) in [6.07, 6.45) is 0.840. The molecule has 28 heavy (non-hydrogen) atoms. The minimum atomic E-state index is -0.0482. The lowest BCUT2D eigenvalue weighted by Gasteiger charge is -2.21. The monoisotopic (exact) mass is 387 g/mol. The van der Waals surface area contributed by atoms with Crippen molar-refractivity contribution in [3.8, 4) is 11.5 Å². The standard InChI is InChI=1S/C21H33N5O2/c1-14(12-18-16(3)25-26(6)17(18)4)24-21(22-5)23-13-15(2)28-20-11-9-8-10-19(20)27-7/h8-11,14-15H,12-13H2,1-7H3,(H2,22,23,24). The molecule has 0 aliphatic heterocycles. The zero-order valence-corrected chi connectivity index (χ0v) is 18.0. The van der Waals surface area contributed by atoms with Crippen molar-refractivity contribution in [2.24, 2.45) is 12.0 Å². The molecule has 2 aromatic rings. The van der Waals surface area contributed by atoms with Gasteiger partial charge >= 0.3 is 0 Å². The third kappa shape index (κ3) is 5.65. The number of hydrogen-bond donors (Lipinski definition) is 2. The van der Waals surface area contributed by atoms with Gasteiger partial charge in [-0.05, 0) is 51.8 Å². The van der Waals surface area contributed by atoms with Crippen LogP contribution in [0.4, 0.5) is 0 Å². The molecule has 0 aliphatic rings. The van der Waals surface area contributed by atoms with Gasteiger partial charge in [0.2, 0.25) is 0 Å². The number of rotatable bonds is 8. The Morgan fingerprint density at radius 3 is 2.46 bits per heavy atom. The van der Waals surface area contributed by atoms with Crippen LogP contribution in [0.2, 0.25) is 0 Å². The van der Waals surface area contributed by atoms with Gasteiger partial charge in [-0.1, -0.05) is 12.1 Å². The highest BCUT2D eigenvalue weighted by molar-refractivity contribution is 5.80. The van der Waals surface area contributed by atoms with Crippen LogP contribution in [-0.2, 0) is 13.5 Å². The molecule has 1 aromatic heterocycles. The van der Waals surface area contributed by atoms with Crippen LogP contribution in [0.3, 0.4) is 0 Å². The molecule has 0 aliphatic carbocycles. The predicted molar refractivity (Wildman–Crippen MR) is 113 cm³/mol. The maximum Gasteiger partial charge on any atom is 0.191 e. The van der Waals surface area contributed by atoms with Gasteiger partial charge < -0.3 is 20.1 Å². The second-order valence-corrected chi connectivity index (χ2v) is 7.05. The van der Waals surface area contributed by atoms with Crippen LogP contribution < -0.4 is 20.1 Å². The first-order chi connectivity index (χ1) is 13.3. The molecular weight excluding hydrogens is 354 g/mol. The number of nitrogens with one attached hydrogen (secondary N) is 2. The van der Waals surface area contributed by atoms with Crippen LogP contribution in [0.25, 0.3) is 0 Å². The average Bonchev–Trinajstić information content (AvgIpc) is 2.91. The summed E-state index contributed by atoms with van der Waals surface area (Å²) in [5.41, 5.74) is 3.56. The summed E-state index contributed by atoms with van der Waals surface area (Å²) >= 11 is 0. The number of ether oxygens (including phenoxy) is 2. The van der Waals surface area contributed by atoms with E-state index in [0.29, 0.717) is 6.54 Å². The SMILES string of the molecule is CN=C(NCC(C)Oc1ccccc1OC)NC(C)Cc1c(C)nn(C)c1C. The highest BCUT2D eigenvalue weighted by Gasteiger charge is 2.15. The van der Waals surface area contributed by atoms with E-state index in [0.717, 1.165) is 29.6 Å². The number of nitrogens with zero attached hydrogens (tertiary/aromatic N) is 3. The quantitative estimate of drug-likeness (QED) is 0.538. The minimum Gasteiger partial charge on any atom is -0.493 e. The first-order valence-electron chi connectivity index (χ1n) is 9.61. The van der Waals surface area contributed by atoms with E-state index >= 15 is 0 Å². The lowest BCUT2D eigenvalue weighted by molar-refractivity contribution is 0.213. The van der Waals surface area contributed by atoms with Crippen LogP contribution in [0.15, 0.2) is 29.3 Å². The number of hydrogen-bond acceptors (Lipinski definition) is 4. The Morgan fingerprint density at radius 2 is 1.89 bits per heavy atom. The summed E-state index contributed by atoms with van der Waals surface area (Å²) in [6.45, 7) is 8.94. The van der Waals surface area contributed by atoms with E-state index in [1.165, 1.54) is 11.3 Å². The Labute approximate surface area is 168 Å². The van der Waals surface area contributed by atoms with E-state index < -0.39 is 0 Å². The maximum atomic E-state index is 5.98. The second-order valence-electron chi connectivity index (χ2n) is 7.05.